The SMILES string of the molecule is Clc1ccccc1-c1ccccc1-c1ccccc1. The quantitative estimate of drug-likeness (QED) is 0.559. The number of hydrogen-bond acceptors (Lipinski definition) is 0. The fourth-order valence-electron chi connectivity index (χ4n) is 2.27. The van der Waals surface area contributed by atoms with Crippen LogP contribution in [0.1, 0.15) is 0 Å². The topological polar surface area (TPSA) is 0 Å². The maximum Gasteiger partial charge on any atom is 0.0484 e. The van der Waals surface area contributed by atoms with Crippen molar-refractivity contribution in [3.63, 3.8) is 0 Å². The van der Waals surface area contributed by atoms with E-state index < -0.39 is 0 Å². The highest BCUT2D eigenvalue weighted by molar-refractivity contribution is 6.33. The predicted molar refractivity (Wildman–Crippen MR) is 82.3 cm³/mol. The minimum absolute atomic E-state index is 0.783. The molecule has 0 nitrogen and oxygen atoms in total. The van der Waals surface area contributed by atoms with Crippen molar-refractivity contribution in [2.24, 2.45) is 0 Å². The summed E-state index contributed by atoms with van der Waals surface area (Å²) in [5, 5.41) is 0.783. The van der Waals surface area contributed by atoms with E-state index in [1.54, 1.807) is 0 Å². The summed E-state index contributed by atoms with van der Waals surface area (Å²) in [5.41, 5.74) is 4.65. The van der Waals surface area contributed by atoms with Crippen LogP contribution in [0.15, 0.2) is 78.9 Å². The molecule has 1 heteroatoms. The molecule has 0 aliphatic heterocycles. The summed E-state index contributed by atoms with van der Waals surface area (Å²) >= 11 is 6.32. The van der Waals surface area contributed by atoms with Crippen molar-refractivity contribution >= 4 is 11.6 Å². The van der Waals surface area contributed by atoms with Crippen molar-refractivity contribution < 1.29 is 0 Å². The number of hydrogen-bond donors (Lipinski definition) is 0. The van der Waals surface area contributed by atoms with Crippen LogP contribution in [0.25, 0.3) is 22.3 Å². The highest BCUT2D eigenvalue weighted by Crippen LogP contribution is 2.35. The Kier molecular flexibility index (Phi) is 3.35. The standard InChI is InChI=1S/C18H13Cl/c19-18-13-7-6-12-17(18)16-11-5-4-10-15(16)14-8-2-1-3-9-14/h1-13H. The molecular weight excluding hydrogens is 252 g/mol. The Morgan fingerprint density at radius 3 is 1.68 bits per heavy atom. The van der Waals surface area contributed by atoms with Gasteiger partial charge in [0, 0.05) is 10.6 Å². The fraction of sp³-hybridized carbons (Fsp3) is 0. The molecule has 0 spiro atoms. The van der Waals surface area contributed by atoms with Crippen LogP contribution in [-0.2, 0) is 0 Å². The maximum absolute atomic E-state index is 6.32. The van der Waals surface area contributed by atoms with Gasteiger partial charge in [-0.1, -0.05) is 84.4 Å². The lowest BCUT2D eigenvalue weighted by atomic mass is 9.95. The molecule has 0 aliphatic rings. The first-order valence-electron chi connectivity index (χ1n) is 6.25. The monoisotopic (exact) mass is 264 g/mol. The van der Waals surface area contributed by atoms with Gasteiger partial charge in [0.05, 0.1) is 0 Å². The predicted octanol–water partition coefficient (Wildman–Crippen LogP) is 5.67. The van der Waals surface area contributed by atoms with Crippen LogP contribution in [-0.4, -0.2) is 0 Å². The minimum Gasteiger partial charge on any atom is -0.0837 e. The molecule has 3 aromatic rings. The van der Waals surface area contributed by atoms with Gasteiger partial charge in [0.2, 0.25) is 0 Å². The first-order valence-corrected chi connectivity index (χ1v) is 6.63. The van der Waals surface area contributed by atoms with Gasteiger partial charge in [0.15, 0.2) is 0 Å². The van der Waals surface area contributed by atoms with Gasteiger partial charge in [-0.3, -0.25) is 0 Å². The Hall–Kier alpha value is -2.05. The van der Waals surface area contributed by atoms with Crippen LogP contribution in [0.4, 0.5) is 0 Å². The zero-order valence-electron chi connectivity index (χ0n) is 10.4. The average Bonchev–Trinajstić information content (AvgIpc) is 2.49. The molecule has 0 N–H and O–H groups in total. The molecule has 0 aliphatic carbocycles. The molecule has 3 aromatic carbocycles. The maximum atomic E-state index is 6.32. The third-order valence-electron chi connectivity index (χ3n) is 3.18. The van der Waals surface area contributed by atoms with Gasteiger partial charge in [0.1, 0.15) is 0 Å². The van der Waals surface area contributed by atoms with Gasteiger partial charge in [0.25, 0.3) is 0 Å². The van der Waals surface area contributed by atoms with Crippen molar-refractivity contribution in [3.8, 4) is 22.3 Å². The zero-order valence-corrected chi connectivity index (χ0v) is 11.1. The molecule has 19 heavy (non-hydrogen) atoms. The van der Waals surface area contributed by atoms with E-state index in [9.17, 15) is 0 Å². The summed E-state index contributed by atoms with van der Waals surface area (Å²) in [7, 11) is 0. The van der Waals surface area contributed by atoms with Crippen LogP contribution in [0.3, 0.4) is 0 Å². The normalized spacial score (nSPS) is 10.4. The summed E-state index contributed by atoms with van der Waals surface area (Å²) in [6.45, 7) is 0. The lowest BCUT2D eigenvalue weighted by Crippen LogP contribution is -1.85. The molecule has 0 aromatic heterocycles. The molecule has 0 bridgehead atoms. The Labute approximate surface area is 118 Å². The minimum atomic E-state index is 0.783. The van der Waals surface area contributed by atoms with Crippen LogP contribution >= 0.6 is 11.6 Å². The highest BCUT2D eigenvalue weighted by atomic mass is 35.5. The van der Waals surface area contributed by atoms with Crippen LogP contribution in [0.2, 0.25) is 5.02 Å². The van der Waals surface area contributed by atoms with Crippen molar-refractivity contribution in [2.45, 2.75) is 0 Å². The van der Waals surface area contributed by atoms with E-state index >= 15 is 0 Å². The van der Waals surface area contributed by atoms with E-state index in [0.717, 1.165) is 10.6 Å². The molecule has 3 rings (SSSR count). The van der Waals surface area contributed by atoms with E-state index in [-0.39, 0.29) is 0 Å². The molecule has 0 amide bonds. The Morgan fingerprint density at radius 1 is 0.474 bits per heavy atom. The second-order valence-corrected chi connectivity index (χ2v) is 4.80. The molecule has 0 fully saturated rings. The zero-order chi connectivity index (χ0) is 13.1. The second kappa shape index (κ2) is 5.29. The summed E-state index contributed by atoms with van der Waals surface area (Å²) in [4.78, 5) is 0. The molecule has 0 radical (unpaired) electrons. The van der Waals surface area contributed by atoms with Crippen LogP contribution in [0, 0.1) is 0 Å². The van der Waals surface area contributed by atoms with Gasteiger partial charge in [-0.25, -0.2) is 0 Å². The number of rotatable bonds is 2. The Bertz CT molecular complexity index is 687. The third-order valence-corrected chi connectivity index (χ3v) is 3.51. The summed E-state index contributed by atoms with van der Waals surface area (Å²) in [6.07, 6.45) is 0. The summed E-state index contributed by atoms with van der Waals surface area (Å²) in [5.74, 6) is 0. The first kappa shape index (κ1) is 12.0. The van der Waals surface area contributed by atoms with Crippen molar-refractivity contribution in [1.82, 2.24) is 0 Å². The van der Waals surface area contributed by atoms with Crippen molar-refractivity contribution in [1.29, 1.82) is 0 Å². The van der Waals surface area contributed by atoms with Gasteiger partial charge in [-0.2, -0.15) is 0 Å². The molecule has 0 heterocycles. The summed E-state index contributed by atoms with van der Waals surface area (Å²) < 4.78 is 0. The molecule has 0 saturated carbocycles. The molecule has 0 atom stereocenters. The molecule has 92 valence electrons. The van der Waals surface area contributed by atoms with E-state index in [1.807, 2.05) is 30.3 Å². The Morgan fingerprint density at radius 2 is 1.00 bits per heavy atom. The average molecular weight is 265 g/mol. The lowest BCUT2D eigenvalue weighted by Gasteiger charge is -2.11. The number of halogens is 1. The summed E-state index contributed by atoms with van der Waals surface area (Å²) in [6, 6.07) is 26.7. The van der Waals surface area contributed by atoms with Gasteiger partial charge in [-0.15, -0.1) is 0 Å². The Balaban J connectivity index is 2.21. The smallest absolute Gasteiger partial charge is 0.0484 e. The van der Waals surface area contributed by atoms with Gasteiger partial charge < -0.3 is 0 Å². The molecular formula is C18H13Cl. The van der Waals surface area contributed by atoms with E-state index in [0.29, 0.717) is 0 Å². The van der Waals surface area contributed by atoms with Crippen LogP contribution < -0.4 is 0 Å². The van der Waals surface area contributed by atoms with Gasteiger partial charge in [-0.05, 0) is 22.8 Å². The largest absolute Gasteiger partial charge is 0.0837 e. The van der Waals surface area contributed by atoms with E-state index in [2.05, 4.69) is 48.5 Å². The first-order chi connectivity index (χ1) is 9.36. The number of benzene rings is 3. The van der Waals surface area contributed by atoms with Gasteiger partial charge >= 0.3 is 0 Å². The van der Waals surface area contributed by atoms with Crippen molar-refractivity contribution in [3.05, 3.63) is 83.9 Å². The van der Waals surface area contributed by atoms with Crippen molar-refractivity contribution in [2.75, 3.05) is 0 Å². The highest BCUT2D eigenvalue weighted by Gasteiger charge is 2.08. The van der Waals surface area contributed by atoms with Crippen LogP contribution in [0.5, 0.6) is 0 Å². The van der Waals surface area contributed by atoms with E-state index in [4.69, 9.17) is 11.6 Å². The fourth-order valence-corrected chi connectivity index (χ4v) is 2.50. The lowest BCUT2D eigenvalue weighted by molar-refractivity contribution is 1.58. The second-order valence-electron chi connectivity index (χ2n) is 4.39. The van der Waals surface area contributed by atoms with E-state index in [1.165, 1.54) is 16.7 Å². The molecule has 0 saturated heterocycles. The molecule has 0 unspecified atom stereocenters. The third kappa shape index (κ3) is 2.40.